The number of hydrogen-bond acceptors (Lipinski definition) is 4. The quantitative estimate of drug-likeness (QED) is 0.719. The Morgan fingerprint density at radius 2 is 2.40 bits per heavy atom. The average molecular weight is 360 g/mol. The molecule has 3 N–H and O–H groups in total. The van der Waals surface area contributed by atoms with Crippen LogP contribution in [0.1, 0.15) is 31.2 Å². The van der Waals surface area contributed by atoms with Crippen molar-refractivity contribution in [2.45, 2.75) is 37.3 Å². The number of ether oxygens (including phenoxy) is 1. The van der Waals surface area contributed by atoms with E-state index in [1.165, 1.54) is 12.5 Å². The van der Waals surface area contributed by atoms with Crippen LogP contribution in [0.2, 0.25) is 5.02 Å². The molecule has 7 heteroatoms. The fraction of sp³-hybridized carbons (Fsp3) is 0.333. The molecule has 2 aromatic rings. The largest absolute Gasteiger partial charge is 0.414 e. The molecule has 0 radical (unpaired) electrons. The Morgan fingerprint density at radius 1 is 1.52 bits per heavy atom. The summed E-state index contributed by atoms with van der Waals surface area (Å²) < 4.78 is 5.07. The Hall–Kier alpha value is -2.49. The van der Waals surface area contributed by atoms with Crippen LogP contribution < -0.4 is 10.1 Å². The monoisotopic (exact) mass is 359 g/mol. The number of carbonyl (C=O) groups excluding carboxylic acids is 1. The van der Waals surface area contributed by atoms with E-state index in [-0.39, 0.29) is 11.9 Å². The normalized spacial score (nSPS) is 22.6. The second-order valence-corrected chi connectivity index (χ2v) is 6.47. The van der Waals surface area contributed by atoms with Crippen LogP contribution in [0, 0.1) is 11.8 Å². The van der Waals surface area contributed by atoms with Gasteiger partial charge in [0.05, 0.1) is 12.5 Å². The number of H-pyrrole nitrogens is 1. The maximum absolute atomic E-state index is 11.9. The Labute approximate surface area is 150 Å². The van der Waals surface area contributed by atoms with Crippen molar-refractivity contribution in [1.82, 2.24) is 15.3 Å². The van der Waals surface area contributed by atoms with E-state index < -0.39 is 11.7 Å². The second-order valence-electron chi connectivity index (χ2n) is 6.03. The van der Waals surface area contributed by atoms with Gasteiger partial charge in [-0.1, -0.05) is 29.5 Å². The van der Waals surface area contributed by atoms with Crippen molar-refractivity contribution >= 4 is 17.7 Å². The standard InChI is InChI=1S/C18H18ClN3O3/c19-14-4-1-3-13(9-14)6-8-18(24)7-2-5-15(10-18)22-17(23)25-16-11-20-12-21-16/h1,3-4,9,11-12,15,24H,2,5,7,10H2,(H,20,21)(H,22,23)/t15-,18+/m1/s1. The zero-order valence-corrected chi connectivity index (χ0v) is 14.2. The SMILES string of the molecule is O=C(N[C@@H]1CCC[C@](O)(C#Cc2cccc(Cl)c2)C1)Oc1cnc[nH]1. The number of hydrogen-bond donors (Lipinski definition) is 3. The minimum atomic E-state index is -1.15. The van der Waals surface area contributed by atoms with Crippen molar-refractivity contribution in [2.75, 3.05) is 0 Å². The summed E-state index contributed by atoms with van der Waals surface area (Å²) in [5.41, 5.74) is -0.401. The first-order chi connectivity index (χ1) is 12.0. The summed E-state index contributed by atoms with van der Waals surface area (Å²) in [4.78, 5) is 18.4. The van der Waals surface area contributed by atoms with Gasteiger partial charge in [0.1, 0.15) is 5.60 Å². The molecule has 1 aromatic heterocycles. The van der Waals surface area contributed by atoms with Gasteiger partial charge < -0.3 is 20.1 Å². The maximum atomic E-state index is 11.9. The zero-order chi connectivity index (χ0) is 17.7. The lowest BCUT2D eigenvalue weighted by atomic mass is 9.82. The third kappa shape index (κ3) is 4.99. The Kier molecular flexibility index (Phi) is 5.27. The summed E-state index contributed by atoms with van der Waals surface area (Å²) in [5.74, 6) is 6.16. The minimum absolute atomic E-state index is 0.206. The summed E-state index contributed by atoms with van der Waals surface area (Å²) in [6.45, 7) is 0. The van der Waals surface area contributed by atoms with Crippen LogP contribution in [0.25, 0.3) is 0 Å². The third-order valence-corrected chi connectivity index (χ3v) is 4.22. The molecule has 0 spiro atoms. The van der Waals surface area contributed by atoms with Gasteiger partial charge in [0, 0.05) is 23.0 Å². The first-order valence-electron chi connectivity index (χ1n) is 8.00. The van der Waals surface area contributed by atoms with Crippen molar-refractivity contribution < 1.29 is 14.6 Å². The lowest BCUT2D eigenvalue weighted by molar-refractivity contribution is 0.0472. The molecule has 2 atom stereocenters. The van der Waals surface area contributed by atoms with Crippen molar-refractivity contribution in [2.24, 2.45) is 0 Å². The van der Waals surface area contributed by atoms with Crippen molar-refractivity contribution in [3.05, 3.63) is 47.4 Å². The van der Waals surface area contributed by atoms with Gasteiger partial charge in [-0.25, -0.2) is 9.78 Å². The predicted molar refractivity (Wildman–Crippen MR) is 93.3 cm³/mol. The molecule has 0 unspecified atom stereocenters. The van der Waals surface area contributed by atoms with Crippen LogP contribution in [0.15, 0.2) is 36.8 Å². The molecule has 130 valence electrons. The number of carbonyl (C=O) groups is 1. The van der Waals surface area contributed by atoms with Gasteiger partial charge in [-0.15, -0.1) is 0 Å². The number of benzene rings is 1. The number of nitrogens with zero attached hydrogens (tertiary/aromatic N) is 1. The molecule has 1 fully saturated rings. The predicted octanol–water partition coefficient (Wildman–Crippen LogP) is 2.88. The minimum Gasteiger partial charge on any atom is -0.392 e. The Balaban J connectivity index is 1.61. The summed E-state index contributed by atoms with van der Waals surface area (Å²) >= 11 is 5.94. The van der Waals surface area contributed by atoms with Crippen LogP contribution in [-0.4, -0.2) is 32.8 Å². The van der Waals surface area contributed by atoms with E-state index in [2.05, 4.69) is 27.1 Å². The highest BCUT2D eigenvalue weighted by Crippen LogP contribution is 2.28. The fourth-order valence-corrected chi connectivity index (χ4v) is 3.03. The van der Waals surface area contributed by atoms with Crippen molar-refractivity contribution in [1.29, 1.82) is 0 Å². The topological polar surface area (TPSA) is 87.2 Å². The van der Waals surface area contributed by atoms with Gasteiger partial charge in [-0.05, 0) is 37.5 Å². The molecule has 0 bridgehead atoms. The van der Waals surface area contributed by atoms with Crippen LogP contribution in [-0.2, 0) is 0 Å². The van der Waals surface area contributed by atoms with Crippen molar-refractivity contribution in [3.8, 4) is 17.7 Å². The second kappa shape index (κ2) is 7.60. The summed E-state index contributed by atoms with van der Waals surface area (Å²) in [7, 11) is 0. The molecule has 1 aliphatic rings. The van der Waals surface area contributed by atoms with E-state index in [1.807, 2.05) is 12.1 Å². The number of aromatic nitrogens is 2. The van der Waals surface area contributed by atoms with E-state index in [4.69, 9.17) is 16.3 Å². The highest BCUT2D eigenvalue weighted by Gasteiger charge is 2.33. The highest BCUT2D eigenvalue weighted by molar-refractivity contribution is 6.30. The van der Waals surface area contributed by atoms with Crippen LogP contribution in [0.4, 0.5) is 4.79 Å². The number of imidazole rings is 1. The maximum Gasteiger partial charge on any atom is 0.414 e. The molecular weight excluding hydrogens is 342 g/mol. The van der Waals surface area contributed by atoms with Crippen LogP contribution in [0.5, 0.6) is 5.88 Å². The molecule has 1 heterocycles. The number of nitrogens with one attached hydrogen (secondary N) is 2. The van der Waals surface area contributed by atoms with E-state index in [1.54, 1.807) is 12.1 Å². The number of aliphatic hydroxyl groups is 1. The molecule has 25 heavy (non-hydrogen) atoms. The molecule has 3 rings (SSSR count). The smallest absolute Gasteiger partial charge is 0.392 e. The van der Waals surface area contributed by atoms with E-state index in [0.29, 0.717) is 17.9 Å². The number of halogens is 1. The van der Waals surface area contributed by atoms with E-state index in [9.17, 15) is 9.90 Å². The Bertz CT molecular complexity index is 797. The molecule has 1 aromatic carbocycles. The zero-order valence-electron chi connectivity index (χ0n) is 13.5. The first kappa shape index (κ1) is 17.3. The number of aromatic amines is 1. The molecule has 0 saturated heterocycles. The molecule has 1 saturated carbocycles. The van der Waals surface area contributed by atoms with E-state index >= 15 is 0 Å². The summed E-state index contributed by atoms with van der Waals surface area (Å²) in [6, 6.07) is 6.96. The fourth-order valence-electron chi connectivity index (χ4n) is 2.84. The van der Waals surface area contributed by atoms with Crippen LogP contribution >= 0.6 is 11.6 Å². The molecule has 0 aliphatic heterocycles. The van der Waals surface area contributed by atoms with Gasteiger partial charge >= 0.3 is 6.09 Å². The van der Waals surface area contributed by atoms with Gasteiger partial charge in [-0.3, -0.25) is 0 Å². The summed E-state index contributed by atoms with van der Waals surface area (Å²) in [6.07, 6.45) is 4.68. The number of amides is 1. The average Bonchev–Trinajstić information content (AvgIpc) is 3.06. The molecule has 1 aliphatic carbocycles. The van der Waals surface area contributed by atoms with Crippen LogP contribution in [0.3, 0.4) is 0 Å². The van der Waals surface area contributed by atoms with Gasteiger partial charge in [0.15, 0.2) is 0 Å². The summed E-state index contributed by atoms with van der Waals surface area (Å²) in [5, 5.41) is 14.1. The van der Waals surface area contributed by atoms with Crippen molar-refractivity contribution in [3.63, 3.8) is 0 Å². The van der Waals surface area contributed by atoms with Gasteiger partial charge in [0.25, 0.3) is 0 Å². The molecular formula is C18H18ClN3O3. The first-order valence-corrected chi connectivity index (χ1v) is 8.38. The molecule has 6 nitrogen and oxygen atoms in total. The highest BCUT2D eigenvalue weighted by atomic mass is 35.5. The Morgan fingerprint density at radius 3 is 3.16 bits per heavy atom. The lowest BCUT2D eigenvalue weighted by Crippen LogP contribution is -2.46. The van der Waals surface area contributed by atoms with E-state index in [0.717, 1.165) is 18.4 Å². The van der Waals surface area contributed by atoms with Gasteiger partial charge in [0.2, 0.25) is 5.88 Å². The molecule has 1 amide bonds. The lowest BCUT2D eigenvalue weighted by Gasteiger charge is -2.33. The third-order valence-electron chi connectivity index (χ3n) is 3.99. The number of rotatable bonds is 2. The van der Waals surface area contributed by atoms with Gasteiger partial charge in [-0.2, -0.15) is 0 Å².